The fourth-order valence-corrected chi connectivity index (χ4v) is 2.64. The van der Waals surface area contributed by atoms with Crippen molar-refractivity contribution in [3.05, 3.63) is 29.8 Å². The highest BCUT2D eigenvalue weighted by Crippen LogP contribution is 2.37. The van der Waals surface area contributed by atoms with Crippen molar-refractivity contribution in [2.75, 3.05) is 20.1 Å². The van der Waals surface area contributed by atoms with Crippen LogP contribution in [0.25, 0.3) is 0 Å². The smallest absolute Gasteiger partial charge is 0.300 e. The second-order valence-electron chi connectivity index (χ2n) is 5.19. The number of likely N-dealkylation sites (tertiary alicyclic amines) is 1. The van der Waals surface area contributed by atoms with Crippen LogP contribution in [-0.2, 0) is 10.2 Å². The van der Waals surface area contributed by atoms with Crippen LogP contribution in [0.1, 0.15) is 32.3 Å². The minimum atomic E-state index is -0.833. The zero-order chi connectivity index (χ0) is 14.5. The number of hydrogen-bond acceptors (Lipinski definition) is 3. The van der Waals surface area contributed by atoms with E-state index in [2.05, 4.69) is 24.9 Å². The lowest BCUT2D eigenvalue weighted by molar-refractivity contribution is -0.134. The number of aliphatic carboxylic acids is 1. The van der Waals surface area contributed by atoms with E-state index < -0.39 is 5.97 Å². The van der Waals surface area contributed by atoms with Gasteiger partial charge in [-0.2, -0.15) is 0 Å². The highest BCUT2D eigenvalue weighted by Gasteiger charge is 2.36. The van der Waals surface area contributed by atoms with Gasteiger partial charge >= 0.3 is 0 Å². The van der Waals surface area contributed by atoms with E-state index in [4.69, 9.17) is 9.90 Å². The molecule has 0 spiro atoms. The number of likely N-dealkylation sites (N-methyl/N-ethyl adjacent to an activating group) is 1. The molecule has 19 heavy (non-hydrogen) atoms. The van der Waals surface area contributed by atoms with Crippen LogP contribution in [0.4, 0.5) is 0 Å². The van der Waals surface area contributed by atoms with Gasteiger partial charge in [0.1, 0.15) is 5.75 Å². The van der Waals surface area contributed by atoms with Crippen molar-refractivity contribution in [1.29, 1.82) is 0 Å². The molecule has 106 valence electrons. The van der Waals surface area contributed by atoms with Crippen LogP contribution in [0.2, 0.25) is 0 Å². The zero-order valence-corrected chi connectivity index (χ0v) is 11.9. The molecule has 0 aliphatic carbocycles. The summed E-state index contributed by atoms with van der Waals surface area (Å²) in [6.07, 6.45) is 2.34. The maximum Gasteiger partial charge on any atom is 0.300 e. The number of carboxylic acids is 1. The van der Waals surface area contributed by atoms with E-state index in [1.165, 1.54) is 12.0 Å². The molecule has 4 heteroatoms. The highest BCUT2D eigenvalue weighted by atomic mass is 16.4. The van der Waals surface area contributed by atoms with Gasteiger partial charge in [0.05, 0.1) is 0 Å². The topological polar surface area (TPSA) is 60.8 Å². The molecule has 0 aromatic heterocycles. The molecular formula is C15H23NO3. The molecule has 1 aliphatic heterocycles. The molecule has 1 heterocycles. The first kappa shape index (κ1) is 15.5. The fraction of sp³-hybridized carbons (Fsp3) is 0.533. The summed E-state index contributed by atoms with van der Waals surface area (Å²) in [6.45, 7) is 5.58. The largest absolute Gasteiger partial charge is 0.508 e. The molecule has 1 saturated heterocycles. The maximum atomic E-state index is 9.54. The Balaban J connectivity index is 0.000000399. The SMILES string of the molecule is CC(=O)O.CCC1(c2cccc(O)c2)CCN(C)C1. The quantitative estimate of drug-likeness (QED) is 0.862. The first-order valence-electron chi connectivity index (χ1n) is 6.57. The number of rotatable bonds is 2. The lowest BCUT2D eigenvalue weighted by Crippen LogP contribution is -2.28. The van der Waals surface area contributed by atoms with Gasteiger partial charge in [-0.3, -0.25) is 4.79 Å². The first-order chi connectivity index (χ1) is 8.89. The number of hydrogen-bond donors (Lipinski definition) is 2. The van der Waals surface area contributed by atoms with Gasteiger partial charge in [0.2, 0.25) is 0 Å². The molecular weight excluding hydrogens is 242 g/mol. The monoisotopic (exact) mass is 265 g/mol. The average Bonchev–Trinajstić information content (AvgIpc) is 2.72. The molecule has 1 aromatic rings. The minimum absolute atomic E-state index is 0.257. The van der Waals surface area contributed by atoms with Gasteiger partial charge in [-0.25, -0.2) is 0 Å². The van der Waals surface area contributed by atoms with Gasteiger partial charge in [-0.1, -0.05) is 19.1 Å². The summed E-state index contributed by atoms with van der Waals surface area (Å²) in [5, 5.41) is 17.0. The number of carboxylic acid groups (broad SMARTS) is 1. The van der Waals surface area contributed by atoms with Crippen LogP contribution in [0.3, 0.4) is 0 Å². The Morgan fingerprint density at radius 3 is 2.53 bits per heavy atom. The number of aromatic hydroxyl groups is 1. The van der Waals surface area contributed by atoms with Crippen LogP contribution < -0.4 is 0 Å². The van der Waals surface area contributed by atoms with E-state index in [0.717, 1.165) is 26.4 Å². The molecule has 0 bridgehead atoms. The number of phenols is 1. The summed E-state index contributed by atoms with van der Waals surface area (Å²) in [7, 11) is 2.17. The Morgan fingerprint density at radius 1 is 1.47 bits per heavy atom. The predicted molar refractivity (Wildman–Crippen MR) is 75.5 cm³/mol. The minimum Gasteiger partial charge on any atom is -0.508 e. The molecule has 1 fully saturated rings. The molecule has 1 atom stereocenters. The van der Waals surface area contributed by atoms with Gasteiger partial charge < -0.3 is 15.1 Å². The second kappa shape index (κ2) is 6.57. The Hall–Kier alpha value is -1.55. The predicted octanol–water partition coefficient (Wildman–Crippen LogP) is 2.47. The lowest BCUT2D eigenvalue weighted by Gasteiger charge is -2.28. The van der Waals surface area contributed by atoms with Crippen LogP contribution >= 0.6 is 0 Å². The molecule has 2 rings (SSSR count). The Kier molecular flexibility index (Phi) is 5.36. The van der Waals surface area contributed by atoms with Gasteiger partial charge in [-0.15, -0.1) is 0 Å². The van der Waals surface area contributed by atoms with Crippen molar-refractivity contribution >= 4 is 5.97 Å². The van der Waals surface area contributed by atoms with Crippen LogP contribution in [0.15, 0.2) is 24.3 Å². The van der Waals surface area contributed by atoms with E-state index >= 15 is 0 Å². The van der Waals surface area contributed by atoms with Crippen molar-refractivity contribution in [3.8, 4) is 5.75 Å². The Morgan fingerprint density at radius 2 is 2.11 bits per heavy atom. The van der Waals surface area contributed by atoms with Crippen molar-refractivity contribution in [2.45, 2.75) is 32.1 Å². The van der Waals surface area contributed by atoms with Gasteiger partial charge in [0.15, 0.2) is 0 Å². The van der Waals surface area contributed by atoms with Crippen LogP contribution in [0.5, 0.6) is 5.75 Å². The molecule has 0 saturated carbocycles. The second-order valence-corrected chi connectivity index (χ2v) is 5.19. The molecule has 0 amide bonds. The van der Waals surface area contributed by atoms with Crippen molar-refractivity contribution < 1.29 is 15.0 Å². The number of benzene rings is 1. The summed E-state index contributed by atoms with van der Waals surface area (Å²) in [4.78, 5) is 11.4. The number of phenolic OH excluding ortho intramolecular Hbond substituents is 1. The third-order valence-electron chi connectivity index (χ3n) is 3.68. The van der Waals surface area contributed by atoms with Gasteiger partial charge in [0, 0.05) is 18.9 Å². The fourth-order valence-electron chi connectivity index (χ4n) is 2.64. The van der Waals surface area contributed by atoms with E-state index in [1.54, 1.807) is 6.07 Å². The van der Waals surface area contributed by atoms with E-state index in [0.29, 0.717) is 5.75 Å². The van der Waals surface area contributed by atoms with Crippen LogP contribution in [-0.4, -0.2) is 41.2 Å². The molecule has 4 nitrogen and oxygen atoms in total. The standard InChI is InChI=1S/C13H19NO.C2H4O2/c1-3-13(7-8-14(2)10-13)11-5-4-6-12(15)9-11;1-2(3)4/h4-6,9,15H,3,7-8,10H2,1-2H3;1H3,(H,3,4). The highest BCUT2D eigenvalue weighted by molar-refractivity contribution is 5.62. The number of nitrogens with zero attached hydrogens (tertiary/aromatic N) is 1. The first-order valence-corrected chi connectivity index (χ1v) is 6.57. The summed E-state index contributed by atoms with van der Waals surface area (Å²) >= 11 is 0. The lowest BCUT2D eigenvalue weighted by atomic mass is 9.77. The van der Waals surface area contributed by atoms with E-state index in [1.807, 2.05) is 12.1 Å². The molecule has 0 radical (unpaired) electrons. The third kappa shape index (κ3) is 4.24. The van der Waals surface area contributed by atoms with Gasteiger partial charge in [0.25, 0.3) is 5.97 Å². The van der Waals surface area contributed by atoms with E-state index in [9.17, 15) is 5.11 Å². The van der Waals surface area contributed by atoms with Gasteiger partial charge in [-0.05, 0) is 44.1 Å². The van der Waals surface area contributed by atoms with E-state index in [-0.39, 0.29) is 5.41 Å². The average molecular weight is 265 g/mol. The number of carbonyl (C=O) groups is 1. The maximum absolute atomic E-state index is 9.54. The van der Waals surface area contributed by atoms with Crippen molar-refractivity contribution in [3.63, 3.8) is 0 Å². The normalized spacial score (nSPS) is 22.7. The molecule has 1 aromatic carbocycles. The Bertz CT molecular complexity index is 429. The summed E-state index contributed by atoms with van der Waals surface area (Å²) < 4.78 is 0. The Labute approximate surface area is 114 Å². The van der Waals surface area contributed by atoms with Crippen molar-refractivity contribution in [2.24, 2.45) is 0 Å². The molecule has 2 N–H and O–H groups in total. The summed E-state index contributed by atoms with van der Waals surface area (Å²) in [5.41, 5.74) is 1.54. The summed E-state index contributed by atoms with van der Waals surface area (Å²) in [6, 6.07) is 7.75. The molecule has 1 aliphatic rings. The van der Waals surface area contributed by atoms with Crippen LogP contribution in [0, 0.1) is 0 Å². The molecule has 1 unspecified atom stereocenters. The summed E-state index contributed by atoms with van der Waals surface area (Å²) in [5.74, 6) is -0.449. The zero-order valence-electron chi connectivity index (χ0n) is 11.9. The third-order valence-corrected chi connectivity index (χ3v) is 3.68. The van der Waals surface area contributed by atoms with Crippen molar-refractivity contribution in [1.82, 2.24) is 4.90 Å².